The largest absolute Gasteiger partial charge is 0.618 e. The van der Waals surface area contributed by atoms with Crippen LogP contribution in [0.25, 0.3) is 0 Å². The summed E-state index contributed by atoms with van der Waals surface area (Å²) in [5.74, 6) is -1.30. The highest BCUT2D eigenvalue weighted by molar-refractivity contribution is 5.97. The molecule has 0 bridgehead atoms. The van der Waals surface area contributed by atoms with Gasteiger partial charge in [-0.25, -0.2) is 4.79 Å². The van der Waals surface area contributed by atoms with E-state index in [1.54, 1.807) is 12.1 Å². The first-order chi connectivity index (χ1) is 10.9. The van der Waals surface area contributed by atoms with Crippen molar-refractivity contribution in [2.24, 2.45) is 0 Å². The Morgan fingerprint density at radius 1 is 1.22 bits per heavy atom. The van der Waals surface area contributed by atoms with Gasteiger partial charge in [0.05, 0.1) is 0 Å². The number of hydrogen-bond donors (Lipinski definition) is 1. The molecule has 2 rings (SSSR count). The first-order valence-electron chi connectivity index (χ1n) is 7.16. The topological polar surface area (TPSA) is 82.3 Å². The van der Waals surface area contributed by atoms with E-state index in [9.17, 15) is 14.8 Å². The molecule has 1 N–H and O–H groups in total. The molecule has 0 radical (unpaired) electrons. The van der Waals surface area contributed by atoms with Crippen LogP contribution in [0.2, 0.25) is 0 Å². The summed E-state index contributed by atoms with van der Waals surface area (Å²) in [6.07, 6.45) is 0.167. The second-order valence-corrected chi connectivity index (χ2v) is 5.27. The van der Waals surface area contributed by atoms with E-state index in [2.05, 4.69) is 5.32 Å². The van der Waals surface area contributed by atoms with Crippen LogP contribution in [-0.2, 0) is 9.53 Å². The van der Waals surface area contributed by atoms with Crippen LogP contribution in [-0.4, -0.2) is 18.0 Å². The van der Waals surface area contributed by atoms with Gasteiger partial charge in [0, 0.05) is 17.8 Å². The lowest BCUT2D eigenvalue weighted by Gasteiger charge is -2.14. The summed E-state index contributed by atoms with van der Waals surface area (Å²) in [4.78, 5) is 24.0. The van der Waals surface area contributed by atoms with Crippen molar-refractivity contribution in [3.63, 3.8) is 0 Å². The van der Waals surface area contributed by atoms with Crippen molar-refractivity contribution in [2.75, 3.05) is 5.32 Å². The van der Waals surface area contributed by atoms with Gasteiger partial charge in [-0.1, -0.05) is 17.7 Å². The quantitative estimate of drug-likeness (QED) is 0.532. The van der Waals surface area contributed by atoms with Gasteiger partial charge in [0.1, 0.15) is 0 Å². The van der Waals surface area contributed by atoms with Crippen LogP contribution in [0.5, 0.6) is 0 Å². The average molecular weight is 314 g/mol. The van der Waals surface area contributed by atoms with Gasteiger partial charge in [0.2, 0.25) is 0 Å². The van der Waals surface area contributed by atoms with Crippen LogP contribution < -0.4 is 10.0 Å². The third-order valence-electron chi connectivity index (χ3n) is 3.33. The number of rotatable bonds is 4. The third kappa shape index (κ3) is 4.06. The lowest BCUT2D eigenvalue weighted by Crippen LogP contribution is -2.37. The number of ether oxygens (including phenoxy) is 1. The lowest BCUT2D eigenvalue weighted by atomic mass is 10.1. The highest BCUT2D eigenvalue weighted by Gasteiger charge is 2.23. The van der Waals surface area contributed by atoms with E-state index in [1.165, 1.54) is 25.3 Å². The van der Waals surface area contributed by atoms with Crippen molar-refractivity contribution in [2.45, 2.75) is 26.9 Å². The zero-order chi connectivity index (χ0) is 17.0. The number of aromatic nitrogens is 1. The second kappa shape index (κ2) is 6.91. The Hall–Kier alpha value is -2.89. The first kappa shape index (κ1) is 16.5. The van der Waals surface area contributed by atoms with E-state index in [-0.39, 0.29) is 5.69 Å². The van der Waals surface area contributed by atoms with Crippen LogP contribution in [0.1, 0.15) is 28.5 Å². The van der Waals surface area contributed by atoms with Gasteiger partial charge in [-0.15, -0.1) is 0 Å². The van der Waals surface area contributed by atoms with Crippen molar-refractivity contribution in [3.8, 4) is 0 Å². The Morgan fingerprint density at radius 2 is 1.96 bits per heavy atom. The monoisotopic (exact) mass is 314 g/mol. The Kier molecular flexibility index (Phi) is 4.95. The van der Waals surface area contributed by atoms with Gasteiger partial charge in [-0.3, -0.25) is 4.79 Å². The van der Waals surface area contributed by atoms with E-state index in [1.807, 2.05) is 26.0 Å². The van der Waals surface area contributed by atoms with Crippen LogP contribution in [0.15, 0.2) is 42.6 Å². The smallest absolute Gasteiger partial charge is 0.405 e. The molecule has 1 amide bonds. The molecule has 1 aromatic heterocycles. The first-order valence-corrected chi connectivity index (χ1v) is 7.16. The fourth-order valence-corrected chi connectivity index (χ4v) is 2.05. The molecule has 1 heterocycles. The molecule has 6 nitrogen and oxygen atoms in total. The Morgan fingerprint density at radius 3 is 2.61 bits per heavy atom. The van der Waals surface area contributed by atoms with Crippen molar-refractivity contribution < 1.29 is 19.1 Å². The number of nitrogens with zero attached hydrogens (tertiary/aromatic N) is 1. The average Bonchev–Trinajstić information content (AvgIpc) is 2.50. The Bertz CT molecular complexity index is 743. The molecule has 0 saturated carbocycles. The van der Waals surface area contributed by atoms with Gasteiger partial charge in [-0.05, 0) is 38.5 Å². The van der Waals surface area contributed by atoms with Crippen LogP contribution in [0.4, 0.5) is 5.69 Å². The van der Waals surface area contributed by atoms with Gasteiger partial charge >= 0.3 is 11.7 Å². The number of hydrogen-bond acceptors (Lipinski definition) is 4. The number of amides is 1. The molecule has 1 atom stereocenters. The fraction of sp³-hybridized carbons (Fsp3) is 0.235. The Balaban J connectivity index is 2.03. The molecule has 0 aliphatic heterocycles. The summed E-state index contributed by atoms with van der Waals surface area (Å²) in [6, 6.07) is 10.00. The molecule has 23 heavy (non-hydrogen) atoms. The third-order valence-corrected chi connectivity index (χ3v) is 3.33. The molecule has 0 aliphatic rings. The normalized spacial score (nSPS) is 11.6. The number of aryl methyl sites for hydroxylation is 2. The van der Waals surface area contributed by atoms with Crippen LogP contribution in [0, 0.1) is 19.1 Å². The number of carbonyl (C=O) groups is 2. The van der Waals surface area contributed by atoms with Crippen LogP contribution in [0.3, 0.4) is 0 Å². The minimum Gasteiger partial charge on any atom is -0.618 e. The van der Waals surface area contributed by atoms with E-state index in [4.69, 9.17) is 4.74 Å². The molecule has 0 unspecified atom stereocenters. The predicted molar refractivity (Wildman–Crippen MR) is 84.8 cm³/mol. The van der Waals surface area contributed by atoms with Crippen molar-refractivity contribution in [3.05, 3.63) is 64.6 Å². The van der Waals surface area contributed by atoms with Crippen molar-refractivity contribution >= 4 is 17.6 Å². The molecule has 120 valence electrons. The van der Waals surface area contributed by atoms with Gasteiger partial charge in [-0.2, -0.15) is 4.73 Å². The SMILES string of the molecule is Cc1ccc(NC(=O)[C@H](C)OC(=O)c2cccc[n+]2[O-])c(C)c1. The number of benzene rings is 1. The van der Waals surface area contributed by atoms with Crippen molar-refractivity contribution in [1.29, 1.82) is 0 Å². The maximum Gasteiger partial charge on any atom is 0.405 e. The second-order valence-electron chi connectivity index (χ2n) is 5.27. The maximum atomic E-state index is 12.1. The summed E-state index contributed by atoms with van der Waals surface area (Å²) in [5.41, 5.74) is 2.49. The van der Waals surface area contributed by atoms with E-state index >= 15 is 0 Å². The van der Waals surface area contributed by atoms with Crippen molar-refractivity contribution in [1.82, 2.24) is 0 Å². The molecule has 1 aromatic carbocycles. The molecule has 0 aliphatic carbocycles. The number of nitrogens with one attached hydrogen (secondary N) is 1. The number of esters is 1. The summed E-state index contributed by atoms with van der Waals surface area (Å²) < 4.78 is 5.44. The Labute approximate surface area is 134 Å². The van der Waals surface area contributed by atoms with E-state index in [0.717, 1.165) is 11.1 Å². The predicted octanol–water partition coefficient (Wildman–Crippen LogP) is 2.12. The lowest BCUT2D eigenvalue weighted by molar-refractivity contribution is -0.608. The van der Waals surface area contributed by atoms with Crippen LogP contribution >= 0.6 is 0 Å². The minimum absolute atomic E-state index is 0.168. The molecule has 0 spiro atoms. The van der Waals surface area contributed by atoms with Gasteiger partial charge in [0.15, 0.2) is 12.3 Å². The highest BCUT2D eigenvalue weighted by Crippen LogP contribution is 2.16. The minimum atomic E-state index is -1.02. The summed E-state index contributed by atoms with van der Waals surface area (Å²) in [6.45, 7) is 5.29. The number of carbonyl (C=O) groups excluding carboxylic acids is 2. The molecule has 2 aromatic rings. The summed E-state index contributed by atoms with van der Waals surface area (Å²) in [7, 11) is 0. The van der Waals surface area contributed by atoms with Gasteiger partial charge in [0.25, 0.3) is 5.91 Å². The fourth-order valence-electron chi connectivity index (χ4n) is 2.05. The highest BCUT2D eigenvalue weighted by atomic mass is 16.6. The summed E-state index contributed by atoms with van der Waals surface area (Å²) >= 11 is 0. The maximum absolute atomic E-state index is 12.1. The molecular weight excluding hydrogens is 296 g/mol. The van der Waals surface area contributed by atoms with E-state index in [0.29, 0.717) is 10.4 Å². The zero-order valence-corrected chi connectivity index (χ0v) is 13.2. The van der Waals surface area contributed by atoms with E-state index < -0.39 is 18.0 Å². The summed E-state index contributed by atoms with van der Waals surface area (Å²) in [5, 5.41) is 14.2. The van der Waals surface area contributed by atoms with Gasteiger partial charge < -0.3 is 15.3 Å². The number of anilines is 1. The molecule has 0 fully saturated rings. The standard InChI is InChI=1S/C17H18N2O4/c1-11-7-8-14(12(2)10-11)18-16(20)13(3)23-17(21)15-6-4-5-9-19(15)22/h4-10,13H,1-3H3,(H,18,20)/t13-/m0/s1. The molecular formula is C17H18N2O4. The molecule has 0 saturated heterocycles. The number of pyridine rings is 1. The molecule has 6 heteroatoms. The zero-order valence-electron chi connectivity index (χ0n) is 13.2.